The number of aromatic nitrogens is 2. The van der Waals surface area contributed by atoms with Gasteiger partial charge in [-0.25, -0.2) is 4.98 Å². The Hall–Kier alpha value is -1.36. The molecule has 0 spiro atoms. The minimum Gasteiger partial charge on any atom is -0.351 e. The molecule has 5 heteroatoms. The maximum Gasteiger partial charge on any atom is 0.221 e. The van der Waals surface area contributed by atoms with Gasteiger partial charge in [0.1, 0.15) is 6.23 Å². The molecule has 1 aromatic rings. The first-order chi connectivity index (χ1) is 10.0. The zero-order valence-electron chi connectivity index (χ0n) is 13.6. The van der Waals surface area contributed by atoms with Crippen LogP contribution in [0.1, 0.15) is 59.1 Å². The first kappa shape index (κ1) is 16.0. The van der Waals surface area contributed by atoms with Gasteiger partial charge in [0.05, 0.1) is 23.7 Å². The summed E-state index contributed by atoms with van der Waals surface area (Å²) in [6, 6.07) is 0.0507. The number of amides is 1. The summed E-state index contributed by atoms with van der Waals surface area (Å²) in [4.78, 5) is 21.4. The van der Waals surface area contributed by atoms with Crippen LogP contribution in [0.4, 0.5) is 0 Å². The molecule has 0 radical (unpaired) electrons. The number of aromatic amines is 1. The van der Waals surface area contributed by atoms with Crippen LogP contribution >= 0.6 is 0 Å². The Bertz CT molecular complexity index is 460. The van der Waals surface area contributed by atoms with Gasteiger partial charge in [0.2, 0.25) is 5.91 Å². The van der Waals surface area contributed by atoms with Gasteiger partial charge in [-0.1, -0.05) is 26.7 Å². The molecule has 1 aliphatic heterocycles. The molecule has 0 aliphatic carbocycles. The largest absolute Gasteiger partial charge is 0.351 e. The first-order valence-corrected chi connectivity index (χ1v) is 7.96. The summed E-state index contributed by atoms with van der Waals surface area (Å²) in [6.07, 6.45) is 8.10. The van der Waals surface area contributed by atoms with Crippen molar-refractivity contribution < 1.29 is 9.53 Å². The summed E-state index contributed by atoms with van der Waals surface area (Å²) in [7, 11) is 0. The smallest absolute Gasteiger partial charge is 0.221 e. The number of carbonyl (C=O) groups excluding carboxylic acids is 1. The van der Waals surface area contributed by atoms with Crippen molar-refractivity contribution in [1.82, 2.24) is 14.9 Å². The fourth-order valence-electron chi connectivity index (χ4n) is 3.45. The molecule has 1 amide bonds. The second kappa shape index (κ2) is 6.60. The molecule has 1 N–H and O–H groups in total. The van der Waals surface area contributed by atoms with E-state index in [2.05, 4.69) is 30.7 Å². The minimum atomic E-state index is -0.292. The van der Waals surface area contributed by atoms with Gasteiger partial charge >= 0.3 is 0 Å². The predicted octanol–water partition coefficient (Wildman–Crippen LogP) is 2.88. The zero-order chi connectivity index (χ0) is 15.5. The summed E-state index contributed by atoms with van der Waals surface area (Å²) in [5, 5.41) is 0. The van der Waals surface area contributed by atoms with E-state index in [4.69, 9.17) is 4.74 Å². The van der Waals surface area contributed by atoms with Gasteiger partial charge in [0.25, 0.3) is 0 Å². The molecular formula is C16H27N3O2. The van der Waals surface area contributed by atoms with E-state index in [0.29, 0.717) is 0 Å². The standard InChI is InChI=1S/C16H27N3O2/c1-5-7-15-19(12(3)20)14(9-13-10-17-11-18-13)16(4,21-15)8-6-2/h10-11,14-15H,5-9H2,1-4H3,(H,17,18)/t14-,15-,16?/m0/s1. The van der Waals surface area contributed by atoms with E-state index >= 15 is 0 Å². The lowest BCUT2D eigenvalue weighted by atomic mass is 9.88. The van der Waals surface area contributed by atoms with Crippen molar-refractivity contribution in [3.63, 3.8) is 0 Å². The SMILES string of the molecule is CCC[C@@H]1OC(C)(CCC)[C@H](Cc2c[nH]cn2)N1C(C)=O. The van der Waals surface area contributed by atoms with Crippen LogP contribution in [0.5, 0.6) is 0 Å². The van der Waals surface area contributed by atoms with E-state index in [1.54, 1.807) is 13.3 Å². The average Bonchev–Trinajstić information content (AvgIpc) is 2.99. The van der Waals surface area contributed by atoms with E-state index in [1.807, 2.05) is 11.1 Å². The number of rotatable bonds is 6. The number of carbonyl (C=O) groups is 1. The van der Waals surface area contributed by atoms with E-state index in [9.17, 15) is 4.79 Å². The summed E-state index contributed by atoms with van der Waals surface area (Å²) in [5.41, 5.74) is 0.688. The van der Waals surface area contributed by atoms with Crippen LogP contribution in [0, 0.1) is 0 Å². The minimum absolute atomic E-state index is 0.0507. The van der Waals surface area contributed by atoms with Crippen molar-refractivity contribution in [3.05, 3.63) is 18.2 Å². The molecule has 1 aromatic heterocycles. The van der Waals surface area contributed by atoms with Gasteiger partial charge in [-0.05, 0) is 19.8 Å². The summed E-state index contributed by atoms with van der Waals surface area (Å²) >= 11 is 0. The molecular weight excluding hydrogens is 266 g/mol. The van der Waals surface area contributed by atoms with Crippen molar-refractivity contribution >= 4 is 5.91 Å². The molecule has 2 heterocycles. The molecule has 1 saturated heterocycles. The molecule has 1 aliphatic rings. The lowest BCUT2D eigenvalue weighted by Crippen LogP contribution is -2.47. The summed E-state index contributed by atoms with van der Waals surface area (Å²) < 4.78 is 6.33. The van der Waals surface area contributed by atoms with Crippen LogP contribution in [0.3, 0.4) is 0 Å². The maximum absolute atomic E-state index is 12.2. The first-order valence-electron chi connectivity index (χ1n) is 7.96. The number of nitrogens with one attached hydrogen (secondary N) is 1. The van der Waals surface area contributed by atoms with E-state index in [0.717, 1.165) is 37.8 Å². The predicted molar refractivity (Wildman–Crippen MR) is 81.7 cm³/mol. The molecule has 1 fully saturated rings. The third-order valence-corrected chi connectivity index (χ3v) is 4.36. The number of ether oxygens (including phenoxy) is 1. The molecule has 0 aromatic carbocycles. The van der Waals surface area contributed by atoms with Crippen LogP contribution in [0.2, 0.25) is 0 Å². The van der Waals surface area contributed by atoms with Crippen molar-refractivity contribution in [2.24, 2.45) is 0 Å². The van der Waals surface area contributed by atoms with Gasteiger partial charge in [0, 0.05) is 19.5 Å². The van der Waals surface area contributed by atoms with E-state index in [1.165, 1.54) is 0 Å². The van der Waals surface area contributed by atoms with Crippen LogP contribution in [-0.2, 0) is 16.0 Å². The van der Waals surface area contributed by atoms with Crippen molar-refractivity contribution in [2.75, 3.05) is 0 Å². The quantitative estimate of drug-likeness (QED) is 0.877. The number of hydrogen-bond donors (Lipinski definition) is 1. The topological polar surface area (TPSA) is 58.2 Å². The average molecular weight is 293 g/mol. The Balaban J connectivity index is 2.29. The number of H-pyrrole nitrogens is 1. The van der Waals surface area contributed by atoms with Crippen LogP contribution in [0.25, 0.3) is 0 Å². The highest BCUT2D eigenvalue weighted by Crippen LogP contribution is 2.39. The highest BCUT2D eigenvalue weighted by atomic mass is 16.5. The van der Waals surface area contributed by atoms with Crippen molar-refractivity contribution in [1.29, 1.82) is 0 Å². The fraction of sp³-hybridized carbons (Fsp3) is 0.750. The van der Waals surface area contributed by atoms with Gasteiger partial charge in [0.15, 0.2) is 0 Å². The Morgan fingerprint density at radius 3 is 2.76 bits per heavy atom. The number of nitrogens with zero attached hydrogens (tertiary/aromatic N) is 2. The Morgan fingerprint density at radius 2 is 2.24 bits per heavy atom. The maximum atomic E-state index is 12.2. The highest BCUT2D eigenvalue weighted by molar-refractivity contribution is 5.74. The van der Waals surface area contributed by atoms with Gasteiger partial charge in [-0.15, -0.1) is 0 Å². The molecule has 2 rings (SSSR count). The van der Waals surface area contributed by atoms with E-state index in [-0.39, 0.29) is 23.8 Å². The van der Waals surface area contributed by atoms with Gasteiger partial charge in [-0.2, -0.15) is 0 Å². The number of imidazole rings is 1. The van der Waals surface area contributed by atoms with Gasteiger partial charge in [-0.3, -0.25) is 4.79 Å². The molecule has 3 atom stereocenters. The number of hydrogen-bond acceptors (Lipinski definition) is 3. The molecule has 21 heavy (non-hydrogen) atoms. The second-order valence-electron chi connectivity index (χ2n) is 6.13. The van der Waals surface area contributed by atoms with Gasteiger partial charge < -0.3 is 14.6 Å². The van der Waals surface area contributed by atoms with Crippen molar-refractivity contribution in [3.8, 4) is 0 Å². The Labute approximate surface area is 127 Å². The second-order valence-corrected chi connectivity index (χ2v) is 6.13. The summed E-state index contributed by atoms with van der Waals surface area (Å²) in [6.45, 7) is 8.06. The van der Waals surface area contributed by atoms with E-state index < -0.39 is 0 Å². The fourth-order valence-corrected chi connectivity index (χ4v) is 3.45. The lowest BCUT2D eigenvalue weighted by molar-refractivity contribution is -0.136. The van der Waals surface area contributed by atoms with Crippen LogP contribution < -0.4 is 0 Å². The Morgan fingerprint density at radius 1 is 1.48 bits per heavy atom. The summed E-state index contributed by atoms with van der Waals surface area (Å²) in [5.74, 6) is 0.0915. The highest BCUT2D eigenvalue weighted by Gasteiger charge is 2.50. The molecule has 5 nitrogen and oxygen atoms in total. The van der Waals surface area contributed by atoms with Crippen LogP contribution in [0.15, 0.2) is 12.5 Å². The van der Waals surface area contributed by atoms with Crippen molar-refractivity contribution in [2.45, 2.75) is 77.7 Å². The molecule has 0 bridgehead atoms. The zero-order valence-corrected chi connectivity index (χ0v) is 13.6. The van der Waals surface area contributed by atoms with Crippen LogP contribution in [-0.4, -0.2) is 38.6 Å². The lowest BCUT2D eigenvalue weighted by Gasteiger charge is -2.32. The monoisotopic (exact) mass is 293 g/mol. The molecule has 0 saturated carbocycles. The third-order valence-electron chi connectivity index (χ3n) is 4.36. The third kappa shape index (κ3) is 3.28. The normalized spacial score (nSPS) is 29.0. The Kier molecular flexibility index (Phi) is 5.04. The molecule has 118 valence electrons. The molecule has 1 unspecified atom stereocenters.